The summed E-state index contributed by atoms with van der Waals surface area (Å²) in [7, 11) is 1.98. The maximum Gasteiger partial charge on any atom is 0.219 e. The van der Waals surface area contributed by atoms with Crippen LogP contribution >= 0.6 is 0 Å². The zero-order chi connectivity index (χ0) is 19.3. The van der Waals surface area contributed by atoms with Gasteiger partial charge in [-0.1, -0.05) is 6.58 Å². The molecule has 1 spiro atoms. The van der Waals surface area contributed by atoms with Gasteiger partial charge in [0.15, 0.2) is 5.65 Å². The summed E-state index contributed by atoms with van der Waals surface area (Å²) < 4.78 is 21.7. The van der Waals surface area contributed by atoms with Gasteiger partial charge in [0.05, 0.1) is 30.1 Å². The number of halogens is 1. The van der Waals surface area contributed by atoms with Crippen LogP contribution in [0.5, 0.6) is 5.88 Å². The zero-order valence-corrected chi connectivity index (χ0v) is 15.7. The molecule has 0 unspecified atom stereocenters. The van der Waals surface area contributed by atoms with E-state index in [1.807, 2.05) is 19.3 Å². The summed E-state index contributed by atoms with van der Waals surface area (Å²) in [5.74, 6) is 0.919. The van der Waals surface area contributed by atoms with Gasteiger partial charge < -0.3 is 15.0 Å². The zero-order valence-electron chi connectivity index (χ0n) is 15.7. The van der Waals surface area contributed by atoms with E-state index < -0.39 is 0 Å². The average Bonchev–Trinajstić information content (AvgIpc) is 3.40. The highest BCUT2D eigenvalue weighted by atomic mass is 19.1. The number of pyridine rings is 1. The Morgan fingerprint density at radius 2 is 2.18 bits per heavy atom. The first-order valence-electron chi connectivity index (χ1n) is 9.39. The van der Waals surface area contributed by atoms with Crippen molar-refractivity contribution >= 4 is 17.2 Å². The molecule has 0 aromatic carbocycles. The van der Waals surface area contributed by atoms with Crippen molar-refractivity contribution in [1.82, 2.24) is 24.9 Å². The number of ether oxygens (including phenoxy) is 1. The number of hydrogen-bond acceptors (Lipinski definition) is 6. The molecule has 3 aromatic rings. The van der Waals surface area contributed by atoms with E-state index in [-0.39, 0.29) is 11.4 Å². The topological polar surface area (TPSA) is 67.6 Å². The first kappa shape index (κ1) is 17.0. The molecule has 1 saturated carbocycles. The van der Waals surface area contributed by atoms with Crippen LogP contribution in [-0.2, 0) is 5.54 Å². The molecule has 144 valence electrons. The van der Waals surface area contributed by atoms with Crippen LogP contribution in [0.25, 0.3) is 11.3 Å². The van der Waals surface area contributed by atoms with Gasteiger partial charge in [0.25, 0.3) is 0 Å². The second-order valence-electron chi connectivity index (χ2n) is 7.32. The maximum absolute atomic E-state index is 14.0. The minimum Gasteiger partial charge on any atom is -0.477 e. The minimum atomic E-state index is -0.366. The number of anilines is 1. The quantitative estimate of drug-likeness (QED) is 0.647. The molecule has 1 aliphatic carbocycles. The fourth-order valence-electron chi connectivity index (χ4n) is 3.83. The first-order chi connectivity index (χ1) is 13.6. The average molecular weight is 380 g/mol. The van der Waals surface area contributed by atoms with Crippen LogP contribution in [0.15, 0.2) is 37.3 Å². The Morgan fingerprint density at radius 3 is 3.00 bits per heavy atom. The first-order valence-corrected chi connectivity index (χ1v) is 9.39. The molecule has 2 bridgehead atoms. The van der Waals surface area contributed by atoms with Crippen molar-refractivity contribution in [2.75, 3.05) is 25.1 Å². The summed E-state index contributed by atoms with van der Waals surface area (Å²) in [5, 5.41) is 7.68. The molecule has 0 radical (unpaired) electrons. The van der Waals surface area contributed by atoms with Crippen LogP contribution in [-0.4, -0.2) is 39.8 Å². The molecule has 5 rings (SSSR count). The van der Waals surface area contributed by atoms with Gasteiger partial charge in [-0.2, -0.15) is 5.10 Å². The van der Waals surface area contributed by atoms with E-state index in [0.717, 1.165) is 47.6 Å². The van der Waals surface area contributed by atoms with E-state index in [4.69, 9.17) is 9.72 Å². The van der Waals surface area contributed by atoms with Gasteiger partial charge in [-0.25, -0.2) is 18.9 Å². The van der Waals surface area contributed by atoms with Crippen LogP contribution in [0.2, 0.25) is 0 Å². The molecule has 3 aromatic heterocycles. The fourth-order valence-corrected chi connectivity index (χ4v) is 3.83. The third-order valence-corrected chi connectivity index (χ3v) is 5.61. The Labute approximate surface area is 161 Å². The third-order valence-electron chi connectivity index (χ3n) is 5.61. The Balaban J connectivity index is 1.66. The minimum absolute atomic E-state index is 0.359. The van der Waals surface area contributed by atoms with Crippen LogP contribution in [0, 0.1) is 5.82 Å². The molecule has 7 nitrogen and oxygen atoms in total. The monoisotopic (exact) mass is 380 g/mol. The highest BCUT2D eigenvalue weighted by Crippen LogP contribution is 2.54. The Hall–Kier alpha value is -3.16. The molecule has 4 heterocycles. The Kier molecular flexibility index (Phi) is 3.75. The highest BCUT2D eigenvalue weighted by molar-refractivity contribution is 5.74. The maximum atomic E-state index is 14.0. The molecule has 1 aliphatic heterocycles. The Morgan fingerprint density at radius 1 is 1.32 bits per heavy atom. The van der Waals surface area contributed by atoms with Crippen molar-refractivity contribution in [3.05, 3.63) is 54.2 Å². The number of aromatic nitrogens is 4. The van der Waals surface area contributed by atoms with Crippen LogP contribution in [0.4, 0.5) is 10.2 Å². The molecular weight excluding hydrogens is 359 g/mol. The smallest absolute Gasteiger partial charge is 0.219 e. The molecule has 8 heteroatoms. The van der Waals surface area contributed by atoms with Gasteiger partial charge in [0.1, 0.15) is 11.6 Å². The lowest BCUT2D eigenvalue weighted by Crippen LogP contribution is -2.33. The van der Waals surface area contributed by atoms with E-state index in [2.05, 4.69) is 26.9 Å². The molecule has 2 aliphatic rings. The summed E-state index contributed by atoms with van der Waals surface area (Å²) >= 11 is 0. The largest absolute Gasteiger partial charge is 0.477 e. The van der Waals surface area contributed by atoms with Crippen molar-refractivity contribution in [3.8, 4) is 5.88 Å². The number of rotatable bonds is 0. The number of fused-ring (bicyclic) bond motifs is 3. The molecule has 0 atom stereocenters. The summed E-state index contributed by atoms with van der Waals surface area (Å²) in [6, 6.07) is 3.46. The molecule has 1 fully saturated rings. The van der Waals surface area contributed by atoms with Crippen molar-refractivity contribution in [3.63, 3.8) is 0 Å². The SMILES string of the molecule is C=C1NCCCOc2ncc(F)cc2C2(CC2)N(C)c2ccn3ncc1c3n2. The lowest BCUT2D eigenvalue weighted by molar-refractivity contribution is 0.292. The van der Waals surface area contributed by atoms with E-state index in [1.54, 1.807) is 16.8 Å². The van der Waals surface area contributed by atoms with Crippen LogP contribution < -0.4 is 15.0 Å². The van der Waals surface area contributed by atoms with E-state index in [0.29, 0.717) is 19.0 Å². The third kappa shape index (κ3) is 2.59. The predicted octanol–water partition coefficient (Wildman–Crippen LogP) is 2.73. The molecule has 1 N–H and O–H groups in total. The molecule has 28 heavy (non-hydrogen) atoms. The lowest BCUT2D eigenvalue weighted by Gasteiger charge is -2.30. The van der Waals surface area contributed by atoms with Crippen molar-refractivity contribution < 1.29 is 9.13 Å². The predicted molar refractivity (Wildman–Crippen MR) is 104 cm³/mol. The highest BCUT2D eigenvalue weighted by Gasteiger charge is 2.51. The number of nitrogens with zero attached hydrogens (tertiary/aromatic N) is 5. The molecule has 0 saturated heterocycles. The molecule has 0 amide bonds. The lowest BCUT2D eigenvalue weighted by atomic mass is 10.0. The van der Waals surface area contributed by atoms with Crippen LogP contribution in [0.1, 0.15) is 30.4 Å². The number of hydrogen-bond donors (Lipinski definition) is 1. The van der Waals surface area contributed by atoms with Gasteiger partial charge in [0.2, 0.25) is 5.88 Å². The normalized spacial score (nSPS) is 18.5. The van der Waals surface area contributed by atoms with E-state index in [1.165, 1.54) is 6.20 Å². The fraction of sp³-hybridized carbons (Fsp3) is 0.350. The second kappa shape index (κ2) is 6.19. The van der Waals surface area contributed by atoms with Crippen molar-refractivity contribution in [1.29, 1.82) is 0 Å². The van der Waals surface area contributed by atoms with E-state index >= 15 is 0 Å². The standard InChI is InChI=1S/C20H21FN6O/c1-13-15-12-24-27-8-4-17(25-18(15)27)26(2)20(5-6-20)16-10-14(21)11-23-19(16)28-9-3-7-22-13/h4,8,10-12,22H,1,3,5-7,9H2,2H3. The Bertz CT molecular complexity index is 1070. The summed E-state index contributed by atoms with van der Waals surface area (Å²) in [6.07, 6.45) is 7.40. The van der Waals surface area contributed by atoms with Gasteiger partial charge in [0, 0.05) is 31.0 Å². The summed E-state index contributed by atoms with van der Waals surface area (Å²) in [5.41, 5.74) is 2.80. The van der Waals surface area contributed by atoms with Gasteiger partial charge in [-0.05, 0) is 31.4 Å². The van der Waals surface area contributed by atoms with Crippen LogP contribution in [0.3, 0.4) is 0 Å². The molecular formula is C20H21FN6O. The van der Waals surface area contributed by atoms with Gasteiger partial charge >= 0.3 is 0 Å². The van der Waals surface area contributed by atoms with Crippen molar-refractivity contribution in [2.45, 2.75) is 24.8 Å². The summed E-state index contributed by atoms with van der Waals surface area (Å²) in [4.78, 5) is 11.2. The second-order valence-corrected chi connectivity index (χ2v) is 7.32. The van der Waals surface area contributed by atoms with Gasteiger partial charge in [-0.3, -0.25) is 0 Å². The van der Waals surface area contributed by atoms with E-state index in [9.17, 15) is 4.39 Å². The van der Waals surface area contributed by atoms with Crippen molar-refractivity contribution in [2.24, 2.45) is 0 Å². The van der Waals surface area contributed by atoms with Gasteiger partial charge in [-0.15, -0.1) is 0 Å². The summed E-state index contributed by atoms with van der Waals surface area (Å²) in [6.45, 7) is 5.30. The number of nitrogens with one attached hydrogen (secondary N) is 1.